The maximum absolute atomic E-state index is 4.44. The molecule has 0 aliphatic carbocycles. The van der Waals surface area contributed by atoms with Crippen LogP contribution in [0.1, 0.15) is 24.1 Å². The van der Waals surface area contributed by atoms with E-state index < -0.39 is 0 Å². The van der Waals surface area contributed by atoms with Crippen LogP contribution in [0, 0.1) is 0 Å². The van der Waals surface area contributed by atoms with Gasteiger partial charge in [-0.3, -0.25) is 4.68 Å². The van der Waals surface area contributed by atoms with Gasteiger partial charge >= 0.3 is 0 Å². The van der Waals surface area contributed by atoms with Crippen molar-refractivity contribution in [1.29, 1.82) is 0 Å². The Labute approximate surface area is 138 Å². The molecule has 22 heavy (non-hydrogen) atoms. The van der Waals surface area contributed by atoms with Gasteiger partial charge in [-0.25, -0.2) is 4.98 Å². The molecule has 0 spiro atoms. The second kappa shape index (κ2) is 6.75. The number of hydrogen-bond acceptors (Lipinski definition) is 3. The van der Waals surface area contributed by atoms with Crippen molar-refractivity contribution in [1.82, 2.24) is 14.8 Å². The fraction of sp³-hybridized carbons (Fsp3) is 0.176. The third kappa shape index (κ3) is 3.74. The van der Waals surface area contributed by atoms with Crippen molar-refractivity contribution >= 4 is 21.7 Å². The molecule has 5 heteroatoms. The van der Waals surface area contributed by atoms with Gasteiger partial charge in [0, 0.05) is 22.4 Å². The Kier molecular flexibility index (Phi) is 4.53. The SMILES string of the molecule is CC(Nc1ccc(Br)cn1)c1cnn(Cc2ccccc2)c1. The summed E-state index contributed by atoms with van der Waals surface area (Å²) in [4.78, 5) is 4.33. The second-order valence-electron chi connectivity index (χ2n) is 5.18. The molecule has 0 radical (unpaired) electrons. The summed E-state index contributed by atoms with van der Waals surface area (Å²) in [5, 5.41) is 7.81. The highest BCUT2D eigenvalue weighted by atomic mass is 79.9. The Bertz CT molecular complexity index is 722. The molecule has 0 aliphatic heterocycles. The van der Waals surface area contributed by atoms with Crippen molar-refractivity contribution in [2.24, 2.45) is 0 Å². The number of aromatic nitrogens is 3. The van der Waals surface area contributed by atoms with Gasteiger partial charge in [-0.1, -0.05) is 30.3 Å². The van der Waals surface area contributed by atoms with E-state index >= 15 is 0 Å². The Morgan fingerprint density at radius 1 is 1.14 bits per heavy atom. The first-order chi connectivity index (χ1) is 10.7. The predicted molar refractivity (Wildman–Crippen MR) is 91.7 cm³/mol. The maximum Gasteiger partial charge on any atom is 0.126 e. The van der Waals surface area contributed by atoms with Gasteiger partial charge in [0.25, 0.3) is 0 Å². The van der Waals surface area contributed by atoms with Crippen LogP contribution in [-0.2, 0) is 6.54 Å². The number of rotatable bonds is 5. The summed E-state index contributed by atoms with van der Waals surface area (Å²) in [6.45, 7) is 2.89. The minimum atomic E-state index is 0.151. The molecular formula is C17H17BrN4. The molecule has 112 valence electrons. The molecule has 0 saturated carbocycles. The highest BCUT2D eigenvalue weighted by Crippen LogP contribution is 2.18. The molecule has 1 N–H and O–H groups in total. The van der Waals surface area contributed by atoms with Crippen LogP contribution in [0.5, 0.6) is 0 Å². The normalized spacial score (nSPS) is 12.1. The van der Waals surface area contributed by atoms with Crippen LogP contribution in [0.3, 0.4) is 0 Å². The van der Waals surface area contributed by atoms with E-state index in [0.717, 1.165) is 22.4 Å². The van der Waals surface area contributed by atoms with E-state index in [2.05, 4.69) is 56.6 Å². The Morgan fingerprint density at radius 3 is 2.68 bits per heavy atom. The van der Waals surface area contributed by atoms with Gasteiger partial charge in [0.2, 0.25) is 0 Å². The topological polar surface area (TPSA) is 42.7 Å². The first-order valence-electron chi connectivity index (χ1n) is 7.15. The first-order valence-corrected chi connectivity index (χ1v) is 7.94. The zero-order valence-electron chi connectivity index (χ0n) is 12.3. The van der Waals surface area contributed by atoms with Crippen LogP contribution in [0.4, 0.5) is 5.82 Å². The van der Waals surface area contributed by atoms with Gasteiger partial charge in [-0.05, 0) is 40.5 Å². The molecule has 0 fully saturated rings. The summed E-state index contributed by atoms with van der Waals surface area (Å²) >= 11 is 3.39. The zero-order chi connectivity index (χ0) is 15.4. The second-order valence-corrected chi connectivity index (χ2v) is 6.10. The summed E-state index contributed by atoms with van der Waals surface area (Å²) in [5.41, 5.74) is 2.38. The van der Waals surface area contributed by atoms with Gasteiger partial charge in [0.05, 0.1) is 18.8 Å². The lowest BCUT2D eigenvalue weighted by Crippen LogP contribution is -2.07. The quantitative estimate of drug-likeness (QED) is 0.742. The molecule has 3 aromatic rings. The lowest BCUT2D eigenvalue weighted by atomic mass is 10.2. The van der Waals surface area contributed by atoms with Crippen molar-refractivity contribution in [3.8, 4) is 0 Å². The van der Waals surface area contributed by atoms with Crippen LogP contribution < -0.4 is 5.32 Å². The lowest BCUT2D eigenvalue weighted by Gasteiger charge is -2.12. The van der Waals surface area contributed by atoms with E-state index in [1.165, 1.54) is 5.56 Å². The van der Waals surface area contributed by atoms with E-state index in [1.807, 2.05) is 41.2 Å². The van der Waals surface area contributed by atoms with Crippen molar-refractivity contribution in [2.45, 2.75) is 19.5 Å². The van der Waals surface area contributed by atoms with Gasteiger partial charge in [0.15, 0.2) is 0 Å². The van der Waals surface area contributed by atoms with E-state index in [0.29, 0.717) is 0 Å². The molecule has 0 aliphatic rings. The molecule has 2 heterocycles. The van der Waals surface area contributed by atoms with Gasteiger partial charge in [0.1, 0.15) is 5.82 Å². The van der Waals surface area contributed by atoms with Crippen LogP contribution in [0.15, 0.2) is 65.5 Å². The maximum atomic E-state index is 4.44. The van der Waals surface area contributed by atoms with E-state index in [-0.39, 0.29) is 6.04 Å². The number of anilines is 1. The molecule has 4 nitrogen and oxygen atoms in total. The van der Waals surface area contributed by atoms with Crippen molar-refractivity contribution in [2.75, 3.05) is 5.32 Å². The zero-order valence-corrected chi connectivity index (χ0v) is 13.9. The number of halogens is 1. The van der Waals surface area contributed by atoms with Gasteiger partial charge in [-0.15, -0.1) is 0 Å². The Hall–Kier alpha value is -2.14. The van der Waals surface area contributed by atoms with E-state index in [1.54, 1.807) is 6.20 Å². The highest BCUT2D eigenvalue weighted by molar-refractivity contribution is 9.10. The fourth-order valence-corrected chi connectivity index (χ4v) is 2.46. The summed E-state index contributed by atoms with van der Waals surface area (Å²) in [5.74, 6) is 0.853. The Morgan fingerprint density at radius 2 is 1.95 bits per heavy atom. The summed E-state index contributed by atoms with van der Waals surface area (Å²) in [7, 11) is 0. The number of nitrogens with one attached hydrogen (secondary N) is 1. The molecule has 1 atom stereocenters. The van der Waals surface area contributed by atoms with E-state index in [4.69, 9.17) is 0 Å². The number of hydrogen-bond donors (Lipinski definition) is 1. The summed E-state index contributed by atoms with van der Waals surface area (Å²) in [6.07, 6.45) is 5.76. The molecule has 1 aromatic carbocycles. The summed E-state index contributed by atoms with van der Waals surface area (Å²) < 4.78 is 2.93. The Balaban J connectivity index is 1.66. The minimum absolute atomic E-state index is 0.151. The molecular weight excluding hydrogens is 340 g/mol. The van der Waals surface area contributed by atoms with Crippen LogP contribution in [0.2, 0.25) is 0 Å². The van der Waals surface area contributed by atoms with Gasteiger partial charge < -0.3 is 5.32 Å². The van der Waals surface area contributed by atoms with Crippen LogP contribution >= 0.6 is 15.9 Å². The summed E-state index contributed by atoms with van der Waals surface area (Å²) in [6, 6.07) is 14.4. The average molecular weight is 357 g/mol. The number of nitrogens with zero attached hydrogens (tertiary/aromatic N) is 3. The smallest absolute Gasteiger partial charge is 0.126 e. The first kappa shape index (κ1) is 14.8. The number of pyridine rings is 1. The van der Waals surface area contributed by atoms with Crippen LogP contribution in [-0.4, -0.2) is 14.8 Å². The average Bonchev–Trinajstić information content (AvgIpc) is 2.99. The molecule has 3 rings (SSSR count). The largest absolute Gasteiger partial charge is 0.363 e. The minimum Gasteiger partial charge on any atom is -0.363 e. The van der Waals surface area contributed by atoms with Crippen molar-refractivity contribution in [3.05, 3.63) is 76.7 Å². The third-order valence-corrected chi connectivity index (χ3v) is 3.90. The monoisotopic (exact) mass is 356 g/mol. The number of benzene rings is 1. The van der Waals surface area contributed by atoms with Crippen molar-refractivity contribution in [3.63, 3.8) is 0 Å². The van der Waals surface area contributed by atoms with Crippen LogP contribution in [0.25, 0.3) is 0 Å². The highest BCUT2D eigenvalue weighted by Gasteiger charge is 2.09. The molecule has 0 amide bonds. The molecule has 0 bridgehead atoms. The standard InChI is InChI=1S/C17H17BrN4/c1-13(21-17-8-7-16(18)10-19-17)15-9-20-22(12-15)11-14-5-3-2-4-6-14/h2-10,12-13H,11H2,1H3,(H,19,21). The van der Waals surface area contributed by atoms with Gasteiger partial charge in [-0.2, -0.15) is 5.10 Å². The van der Waals surface area contributed by atoms with Crippen molar-refractivity contribution < 1.29 is 0 Å². The molecule has 1 unspecified atom stereocenters. The van der Waals surface area contributed by atoms with E-state index in [9.17, 15) is 0 Å². The predicted octanol–water partition coefficient (Wildman–Crippen LogP) is 4.26. The molecule has 0 saturated heterocycles. The molecule has 2 aromatic heterocycles. The lowest BCUT2D eigenvalue weighted by molar-refractivity contribution is 0.685. The third-order valence-electron chi connectivity index (χ3n) is 3.43. The fourth-order valence-electron chi connectivity index (χ4n) is 2.23.